The fourth-order valence-electron chi connectivity index (χ4n) is 12.4. The summed E-state index contributed by atoms with van der Waals surface area (Å²) in [7, 11) is 0. The summed E-state index contributed by atoms with van der Waals surface area (Å²) in [4.78, 5) is 16.4. The standard InChI is InChI=1S/C48H58F6N2O2.2C5H10.4CH3.2Fe/c1-29(2)19-21-55-39-17-15-33(47(49,50)51)23-37(39)45(5,27-31-11-7-8-12-31)41(55)25-35-43(57)36(44(35)58)26-42-46(6,28-32-13-9-10-14-32)38-24-34(48(52,53)54)16-18-40(38)56(42)22-20-30(3)4;2*1-2-4-5-3-1;;;;;;/h15-18,23-26,29-32H,7-14,19-22,27-28H2,1-6H3;2*1-5H2;4*1H3;;/q;;;4*-1;2*+2. The number of alkyl halides is 6. The second kappa shape index (κ2) is 29.3. The minimum atomic E-state index is -4.53. The van der Waals surface area contributed by atoms with Crippen LogP contribution in [-0.4, -0.2) is 29.2 Å². The molecular formula is C62H90F6Fe2N2O2. The predicted molar refractivity (Wildman–Crippen MR) is 287 cm³/mol. The van der Waals surface area contributed by atoms with Gasteiger partial charge in [-0.3, -0.25) is 4.79 Å². The van der Waals surface area contributed by atoms with Gasteiger partial charge in [0.05, 0.1) is 16.5 Å². The van der Waals surface area contributed by atoms with E-state index in [2.05, 4.69) is 27.7 Å². The van der Waals surface area contributed by atoms with Crippen molar-refractivity contribution < 1.29 is 75.0 Å². The molecule has 0 amide bonds. The van der Waals surface area contributed by atoms with E-state index in [4.69, 9.17) is 0 Å². The zero-order chi connectivity index (χ0) is 49.0. The summed E-state index contributed by atoms with van der Waals surface area (Å²) in [5.41, 5.74) is 0.658. The number of carbonyl (C=O) groups is 1. The Morgan fingerprint density at radius 1 is 0.635 bits per heavy atom. The molecule has 2 aliphatic heterocycles. The van der Waals surface area contributed by atoms with Crippen molar-refractivity contribution in [3.05, 3.63) is 123 Å². The van der Waals surface area contributed by atoms with Crippen molar-refractivity contribution in [3.63, 3.8) is 0 Å². The van der Waals surface area contributed by atoms with Crippen LogP contribution in [0.5, 0.6) is 0 Å². The Balaban J connectivity index is 0.00000153. The Labute approximate surface area is 466 Å². The second-order valence-corrected chi connectivity index (χ2v) is 22.6. The number of halogens is 6. The van der Waals surface area contributed by atoms with Gasteiger partial charge in [-0.2, -0.15) is 30.9 Å². The quantitative estimate of drug-likeness (QED) is 0.0700. The number of nitrogens with zero attached hydrogens (tertiary/aromatic N) is 2. The van der Waals surface area contributed by atoms with E-state index >= 15 is 0 Å². The van der Waals surface area contributed by atoms with Crippen LogP contribution >= 0.6 is 0 Å². The first-order valence-corrected chi connectivity index (χ1v) is 26.5. The molecule has 4 nitrogen and oxygen atoms in total. The van der Waals surface area contributed by atoms with Gasteiger partial charge in [0.1, 0.15) is 6.54 Å². The average Bonchev–Trinajstić information content (AvgIpc) is 4.15. The SMILES string of the molecule is C1CCCC1.C1CCCC1.CC(C)CCN1/C(=C\C2=C([O-])C(=C\C3=[N+](CCC(C)C)c4ccc(C(F)(F)F)cc4C3(C)CC3CCCC3)/C2=O)C(C)(CC2CCCC2)c2cc(C(F)(F)F)ccc21.[CH3-].[CH3-].[CH3-].[CH3-].[Fe+2].[Fe+2]. The molecule has 0 radical (unpaired) electrons. The second-order valence-electron chi connectivity index (χ2n) is 22.6. The van der Waals surface area contributed by atoms with E-state index in [0.717, 1.165) is 76.3 Å². The van der Waals surface area contributed by atoms with Crippen molar-refractivity contribution in [2.24, 2.45) is 23.7 Å². The third-order valence-electron chi connectivity index (χ3n) is 16.4. The molecule has 2 heterocycles. The third-order valence-corrected chi connectivity index (χ3v) is 16.4. The minimum Gasteiger partial charge on any atom is -0.871 e. The first-order chi connectivity index (χ1) is 32.2. The molecule has 9 rings (SSSR count). The number of Topliss-reactive ketones (excluding diaryl/α,β-unsaturated/α-hetero) is 1. The van der Waals surface area contributed by atoms with Crippen molar-refractivity contribution in [2.45, 2.75) is 206 Å². The molecule has 4 saturated carbocycles. The van der Waals surface area contributed by atoms with Crippen LogP contribution in [0.3, 0.4) is 0 Å². The number of fused-ring (bicyclic) bond motifs is 2. The van der Waals surface area contributed by atoms with Gasteiger partial charge in [-0.05, 0) is 98.8 Å². The van der Waals surface area contributed by atoms with Gasteiger partial charge in [0, 0.05) is 58.6 Å². The molecule has 2 unspecified atom stereocenters. The van der Waals surface area contributed by atoms with Crippen molar-refractivity contribution in [2.75, 3.05) is 18.0 Å². The van der Waals surface area contributed by atoms with Crippen molar-refractivity contribution in [3.8, 4) is 0 Å². The largest absolute Gasteiger partial charge is 2.00 e. The zero-order valence-corrected chi connectivity index (χ0v) is 48.8. The molecule has 5 aliphatic carbocycles. The van der Waals surface area contributed by atoms with Gasteiger partial charge in [-0.25, -0.2) is 0 Å². The first-order valence-electron chi connectivity index (χ1n) is 26.5. The molecule has 0 bridgehead atoms. The molecule has 74 heavy (non-hydrogen) atoms. The van der Waals surface area contributed by atoms with Gasteiger partial charge >= 0.3 is 46.5 Å². The fraction of sp³-hybridized carbons (Fsp3) is 0.613. The number of allylic oxidation sites excluding steroid dienone is 5. The van der Waals surface area contributed by atoms with Gasteiger partial charge < -0.3 is 39.7 Å². The van der Waals surface area contributed by atoms with E-state index in [1.807, 2.05) is 23.3 Å². The molecule has 2 aromatic rings. The monoisotopic (exact) mass is 1120 g/mol. The van der Waals surface area contributed by atoms with Crippen LogP contribution in [0.1, 0.15) is 205 Å². The number of hydrogen-bond donors (Lipinski definition) is 0. The van der Waals surface area contributed by atoms with Crippen LogP contribution in [0, 0.1) is 53.4 Å². The number of anilines is 1. The first kappa shape index (κ1) is 69.2. The molecule has 0 saturated heterocycles. The van der Waals surface area contributed by atoms with Crippen molar-refractivity contribution in [1.82, 2.24) is 0 Å². The molecule has 0 aromatic heterocycles. The van der Waals surface area contributed by atoms with Gasteiger partial charge in [-0.15, -0.1) is 0 Å². The molecule has 2 atom stereocenters. The summed E-state index contributed by atoms with van der Waals surface area (Å²) in [6, 6.07) is 7.86. The number of hydrogen-bond acceptors (Lipinski definition) is 3. The molecule has 0 N–H and O–H groups in total. The predicted octanol–water partition coefficient (Wildman–Crippen LogP) is 17.8. The molecule has 7 aliphatic rings. The van der Waals surface area contributed by atoms with Gasteiger partial charge in [-0.1, -0.05) is 149 Å². The van der Waals surface area contributed by atoms with Crippen LogP contribution in [0.2, 0.25) is 0 Å². The maximum Gasteiger partial charge on any atom is 2.00 e. The van der Waals surface area contributed by atoms with E-state index in [1.54, 1.807) is 24.3 Å². The topological polar surface area (TPSA) is 46.4 Å². The molecule has 4 fully saturated rings. The summed E-state index contributed by atoms with van der Waals surface area (Å²) in [5, 5.41) is 14.4. The third kappa shape index (κ3) is 15.7. The number of ketones is 1. The van der Waals surface area contributed by atoms with E-state index in [0.29, 0.717) is 83.5 Å². The summed E-state index contributed by atoms with van der Waals surface area (Å²) >= 11 is 0. The fourth-order valence-corrected chi connectivity index (χ4v) is 12.4. The van der Waals surface area contributed by atoms with Crippen LogP contribution in [0.15, 0.2) is 71.2 Å². The summed E-state index contributed by atoms with van der Waals surface area (Å²) in [5.74, 6) is 0.299. The van der Waals surface area contributed by atoms with Crippen LogP contribution < -0.4 is 10.0 Å². The van der Waals surface area contributed by atoms with E-state index in [9.17, 15) is 36.2 Å². The van der Waals surface area contributed by atoms with Crippen molar-refractivity contribution in [1.29, 1.82) is 0 Å². The zero-order valence-electron chi connectivity index (χ0n) is 46.6. The Hall–Kier alpha value is -2.78. The minimum absolute atomic E-state index is 0. The normalized spacial score (nSPS) is 23.4. The molecule has 12 heteroatoms. The van der Waals surface area contributed by atoms with Gasteiger partial charge in [0.2, 0.25) is 5.69 Å². The Bertz CT molecular complexity index is 2210. The van der Waals surface area contributed by atoms with Crippen molar-refractivity contribution >= 4 is 22.9 Å². The average molecular weight is 1120 g/mol. The number of carbonyl (C=O) groups excluding carboxylic acids is 1. The Morgan fingerprint density at radius 3 is 1.50 bits per heavy atom. The number of rotatable bonds is 12. The molecule has 2 aromatic carbocycles. The van der Waals surface area contributed by atoms with Crippen LogP contribution in [0.4, 0.5) is 37.7 Å². The molecule has 0 spiro atoms. The van der Waals surface area contributed by atoms with Gasteiger partial charge in [0.25, 0.3) is 0 Å². The molecular weight excluding hydrogens is 1030 g/mol. The summed E-state index contributed by atoms with van der Waals surface area (Å²) < 4.78 is 87.3. The van der Waals surface area contributed by atoms with E-state index in [1.165, 1.54) is 76.3 Å². The maximum atomic E-state index is 14.4. The Morgan fingerprint density at radius 2 is 1.07 bits per heavy atom. The van der Waals surface area contributed by atoms with Crippen LogP contribution in [-0.2, 0) is 62.1 Å². The summed E-state index contributed by atoms with van der Waals surface area (Å²) in [6.07, 6.45) is 20.1. The maximum absolute atomic E-state index is 14.4. The summed E-state index contributed by atoms with van der Waals surface area (Å²) in [6.45, 7) is 13.3. The number of benzene rings is 2. The Kier molecular flexibility index (Phi) is 27.4. The van der Waals surface area contributed by atoms with E-state index in [-0.39, 0.29) is 75.0 Å². The van der Waals surface area contributed by atoms with E-state index < -0.39 is 45.9 Å². The van der Waals surface area contributed by atoms with Gasteiger partial charge in [0.15, 0.2) is 11.5 Å². The van der Waals surface area contributed by atoms with Crippen LogP contribution in [0.25, 0.3) is 0 Å². The molecule has 418 valence electrons. The smallest absolute Gasteiger partial charge is 0.871 e.